The van der Waals surface area contributed by atoms with Crippen molar-refractivity contribution in [3.63, 3.8) is 0 Å². The first kappa shape index (κ1) is 32.4. The van der Waals surface area contributed by atoms with Crippen LogP contribution in [0.3, 0.4) is 0 Å². The second-order valence-electron chi connectivity index (χ2n) is 12.7. The Bertz CT molecular complexity index is 1230. The van der Waals surface area contributed by atoms with E-state index in [1.807, 2.05) is 51.1 Å². The molecule has 3 amide bonds. The van der Waals surface area contributed by atoms with E-state index in [9.17, 15) is 24.3 Å². The topological polar surface area (TPSA) is 125 Å². The Morgan fingerprint density at radius 2 is 1.93 bits per heavy atom. The van der Waals surface area contributed by atoms with Crippen LogP contribution in [0.4, 0.5) is 0 Å². The molecule has 0 aliphatic carbocycles. The molecule has 10 nitrogen and oxygen atoms in total. The summed E-state index contributed by atoms with van der Waals surface area (Å²) in [7, 11) is 0. The summed E-state index contributed by atoms with van der Waals surface area (Å²) >= 11 is 0. The lowest BCUT2D eigenvalue weighted by molar-refractivity contribution is -0.161. The van der Waals surface area contributed by atoms with Crippen LogP contribution in [-0.2, 0) is 28.7 Å². The van der Waals surface area contributed by atoms with Gasteiger partial charge in [-0.05, 0) is 52.5 Å². The summed E-state index contributed by atoms with van der Waals surface area (Å²) in [6.45, 7) is 14.8. The molecule has 43 heavy (non-hydrogen) atoms. The summed E-state index contributed by atoms with van der Waals surface area (Å²) in [5.41, 5.74) is -1.10. The van der Waals surface area contributed by atoms with Crippen molar-refractivity contribution in [2.24, 2.45) is 11.8 Å². The number of likely N-dealkylation sites (tertiary alicyclic amines) is 1. The van der Waals surface area contributed by atoms with Gasteiger partial charge in [-0.25, -0.2) is 0 Å². The highest BCUT2D eigenvalue weighted by Gasteiger charge is 2.75. The molecule has 1 aromatic rings. The highest BCUT2D eigenvalue weighted by molar-refractivity contribution is 5.98. The minimum Gasteiger partial charge on any atom is -0.455 e. The number of nitrogens with one attached hydrogen (secondary N) is 1. The quantitative estimate of drug-likeness (QED) is 0.265. The fourth-order valence-electron chi connectivity index (χ4n) is 6.81. The Labute approximate surface area is 254 Å². The maximum Gasteiger partial charge on any atom is 0.313 e. The fourth-order valence-corrected chi connectivity index (χ4v) is 6.81. The molecule has 0 radical (unpaired) electrons. The molecule has 2 bridgehead atoms. The van der Waals surface area contributed by atoms with E-state index in [2.05, 4.69) is 18.5 Å². The molecule has 1 aromatic carbocycles. The lowest BCUT2D eigenvalue weighted by Gasteiger charge is -2.43. The first-order valence-electron chi connectivity index (χ1n) is 15.1. The van der Waals surface area contributed by atoms with Gasteiger partial charge in [0.15, 0.2) is 0 Å². The lowest BCUT2D eigenvalue weighted by atomic mass is 9.70. The van der Waals surface area contributed by atoms with Crippen LogP contribution >= 0.6 is 0 Å². The highest BCUT2D eigenvalue weighted by Crippen LogP contribution is 2.59. The van der Waals surface area contributed by atoms with Crippen molar-refractivity contribution in [1.82, 2.24) is 15.1 Å². The van der Waals surface area contributed by atoms with Gasteiger partial charge in [0.05, 0.1) is 37.1 Å². The molecule has 3 fully saturated rings. The number of nitrogens with zero attached hydrogens (tertiary/aromatic N) is 2. The molecule has 3 heterocycles. The number of benzene rings is 1. The molecule has 4 rings (SSSR count). The Kier molecular flexibility index (Phi) is 9.81. The number of amides is 3. The average molecular weight is 596 g/mol. The van der Waals surface area contributed by atoms with Crippen molar-refractivity contribution in [2.45, 2.75) is 88.8 Å². The molecular weight excluding hydrogens is 550 g/mol. The Hall–Kier alpha value is -3.50. The lowest BCUT2D eigenvalue weighted by Crippen LogP contribution is -2.61. The number of carbonyl (C=O) groups is 4. The summed E-state index contributed by atoms with van der Waals surface area (Å²) in [4.78, 5) is 57.9. The van der Waals surface area contributed by atoms with E-state index in [0.29, 0.717) is 24.8 Å². The van der Waals surface area contributed by atoms with Crippen LogP contribution < -0.4 is 5.32 Å². The molecule has 2 N–H and O–H groups in total. The molecule has 0 aromatic heterocycles. The smallest absolute Gasteiger partial charge is 0.313 e. The van der Waals surface area contributed by atoms with Gasteiger partial charge >= 0.3 is 5.97 Å². The van der Waals surface area contributed by atoms with Gasteiger partial charge in [-0.3, -0.25) is 19.2 Å². The van der Waals surface area contributed by atoms with Gasteiger partial charge in [-0.1, -0.05) is 42.5 Å². The zero-order valence-corrected chi connectivity index (χ0v) is 25.7. The van der Waals surface area contributed by atoms with Gasteiger partial charge in [0.25, 0.3) is 0 Å². The van der Waals surface area contributed by atoms with Crippen LogP contribution in [-0.4, -0.2) is 87.6 Å². The first-order chi connectivity index (χ1) is 20.4. The normalized spacial score (nSPS) is 27.3. The van der Waals surface area contributed by atoms with Gasteiger partial charge < -0.3 is 29.7 Å². The number of hydrogen-bond acceptors (Lipinski definition) is 7. The second kappa shape index (κ2) is 13.0. The summed E-state index contributed by atoms with van der Waals surface area (Å²) in [6.07, 6.45) is 3.62. The average Bonchev–Trinajstić information content (AvgIpc) is 3.63. The molecule has 1 spiro atoms. The van der Waals surface area contributed by atoms with Crippen molar-refractivity contribution in [1.29, 1.82) is 0 Å². The van der Waals surface area contributed by atoms with Crippen molar-refractivity contribution in [2.75, 3.05) is 19.7 Å². The molecular formula is C33H45N3O7. The summed E-state index contributed by atoms with van der Waals surface area (Å²) in [5.74, 6) is -3.37. The molecule has 3 aliphatic heterocycles. The SMILES string of the molecule is C=CCCC(=O)NC[C@H](OC(=O)[C@@H]1[C@H]2C(=O)N([C@H](C)CO)[C@H](C(=O)N(CC=C)C(C)(C)C)[C@]23CC[C@H]1O3)c1ccccc1. The Morgan fingerprint density at radius 1 is 1.23 bits per heavy atom. The van der Waals surface area contributed by atoms with Crippen LogP contribution in [0.5, 0.6) is 0 Å². The highest BCUT2D eigenvalue weighted by atomic mass is 16.6. The van der Waals surface area contributed by atoms with Crippen molar-refractivity contribution in [3.05, 3.63) is 61.2 Å². The van der Waals surface area contributed by atoms with Gasteiger partial charge in [-0.15, -0.1) is 13.2 Å². The number of allylic oxidation sites excluding steroid dienone is 1. The van der Waals surface area contributed by atoms with Crippen LogP contribution in [0, 0.1) is 11.8 Å². The third-order valence-corrected chi connectivity index (χ3v) is 8.86. The predicted molar refractivity (Wildman–Crippen MR) is 160 cm³/mol. The summed E-state index contributed by atoms with van der Waals surface area (Å²) < 4.78 is 12.6. The van der Waals surface area contributed by atoms with Crippen molar-refractivity contribution >= 4 is 23.7 Å². The number of fused-ring (bicyclic) bond motifs is 1. The fraction of sp³-hybridized carbons (Fsp3) is 0.576. The molecule has 3 saturated heterocycles. The maximum absolute atomic E-state index is 14.3. The predicted octanol–water partition coefficient (Wildman–Crippen LogP) is 2.92. The van der Waals surface area contributed by atoms with E-state index < -0.39 is 59.1 Å². The van der Waals surface area contributed by atoms with Crippen molar-refractivity contribution in [3.8, 4) is 0 Å². The van der Waals surface area contributed by atoms with E-state index in [4.69, 9.17) is 9.47 Å². The summed E-state index contributed by atoms with van der Waals surface area (Å²) in [6, 6.07) is 7.43. The first-order valence-corrected chi connectivity index (χ1v) is 15.1. The van der Waals surface area contributed by atoms with Crippen LogP contribution in [0.15, 0.2) is 55.6 Å². The molecule has 7 atom stereocenters. The zero-order chi connectivity index (χ0) is 31.5. The second-order valence-corrected chi connectivity index (χ2v) is 12.7. The molecule has 0 unspecified atom stereocenters. The Balaban J connectivity index is 1.65. The van der Waals surface area contributed by atoms with E-state index in [0.717, 1.165) is 0 Å². The van der Waals surface area contributed by atoms with E-state index in [1.165, 1.54) is 4.90 Å². The Morgan fingerprint density at radius 3 is 2.53 bits per heavy atom. The number of aliphatic hydroxyl groups is 1. The monoisotopic (exact) mass is 595 g/mol. The minimum absolute atomic E-state index is 0.0601. The van der Waals surface area contributed by atoms with Gasteiger partial charge in [0.2, 0.25) is 17.7 Å². The maximum atomic E-state index is 14.3. The van der Waals surface area contributed by atoms with Gasteiger partial charge in [-0.2, -0.15) is 0 Å². The van der Waals surface area contributed by atoms with Crippen molar-refractivity contribution < 1.29 is 33.8 Å². The molecule has 234 valence electrons. The molecule has 0 saturated carbocycles. The van der Waals surface area contributed by atoms with Gasteiger partial charge in [0.1, 0.15) is 17.7 Å². The number of carbonyl (C=O) groups excluding carboxylic acids is 4. The van der Waals surface area contributed by atoms with Gasteiger partial charge in [0, 0.05) is 18.5 Å². The minimum atomic E-state index is -1.22. The number of rotatable bonds is 13. The third kappa shape index (κ3) is 6.13. The number of hydrogen-bond donors (Lipinski definition) is 2. The largest absolute Gasteiger partial charge is 0.455 e. The third-order valence-electron chi connectivity index (χ3n) is 8.86. The zero-order valence-electron chi connectivity index (χ0n) is 25.7. The standard InChI is InChI=1S/C33H45N3O7/c1-7-9-15-25(38)34-19-24(22-13-11-10-12-14-22)42-31(41)26-23-16-17-33(43-23)27(26)29(39)36(21(3)20-37)28(33)30(40)35(18-8-2)32(4,5)6/h7-8,10-14,21,23-24,26-28,37H,1-2,9,15-20H2,3-6H3,(H,34,38)/t21-,23-,24+,26+,27+,28-,33+/m1/s1. The van der Waals surface area contributed by atoms with Crippen LogP contribution in [0.25, 0.3) is 0 Å². The number of ether oxygens (including phenoxy) is 2. The van der Waals surface area contributed by atoms with E-state index in [1.54, 1.807) is 24.0 Å². The number of esters is 1. The van der Waals surface area contributed by atoms with Crippen LogP contribution in [0.2, 0.25) is 0 Å². The summed E-state index contributed by atoms with van der Waals surface area (Å²) in [5, 5.41) is 12.9. The molecule has 10 heteroatoms. The van der Waals surface area contributed by atoms with Crippen LogP contribution in [0.1, 0.15) is 65.0 Å². The molecule has 3 aliphatic rings. The number of aliphatic hydroxyl groups excluding tert-OH is 1. The van der Waals surface area contributed by atoms with E-state index in [-0.39, 0.29) is 37.9 Å². The van der Waals surface area contributed by atoms with E-state index >= 15 is 0 Å².